The fourth-order valence-electron chi connectivity index (χ4n) is 3.30. The minimum Gasteiger partial charge on any atom is -0.333 e. The lowest BCUT2D eigenvalue weighted by molar-refractivity contribution is 0.0526. The molecule has 6 nitrogen and oxygen atoms in total. The molecule has 6 heteroatoms. The molecule has 3 heterocycles. The number of piperidine rings is 1. The maximum atomic E-state index is 13.1. The van der Waals surface area contributed by atoms with Gasteiger partial charge in [0, 0.05) is 37.2 Å². The topological polar surface area (TPSA) is 77.0 Å². The van der Waals surface area contributed by atoms with Gasteiger partial charge in [0.2, 0.25) is 0 Å². The maximum Gasteiger partial charge on any atom is 0.275 e. The molecule has 122 valence electrons. The highest BCUT2D eigenvalue weighted by Crippen LogP contribution is 2.25. The first-order chi connectivity index (χ1) is 11.1. The number of pyridine rings is 1. The number of carbonyl (C=O) groups is 1. The molecule has 3 rings (SSSR count). The Balaban J connectivity index is 2.00. The van der Waals surface area contributed by atoms with Gasteiger partial charge >= 0.3 is 0 Å². The molecular weight excluding hydrogens is 290 g/mol. The zero-order chi connectivity index (χ0) is 16.4. The summed E-state index contributed by atoms with van der Waals surface area (Å²) >= 11 is 0. The average Bonchev–Trinajstić information content (AvgIpc) is 3.08. The minimum absolute atomic E-state index is 0.0544. The zero-order valence-corrected chi connectivity index (χ0v) is 13.6. The lowest BCUT2D eigenvalue weighted by Crippen LogP contribution is -2.51. The van der Waals surface area contributed by atoms with Gasteiger partial charge in [-0.2, -0.15) is 5.10 Å². The normalized spacial score (nSPS) is 21.4. The smallest absolute Gasteiger partial charge is 0.275 e. The third-order valence-corrected chi connectivity index (χ3v) is 4.58. The van der Waals surface area contributed by atoms with E-state index in [2.05, 4.69) is 17.0 Å². The third kappa shape index (κ3) is 2.99. The Kier molecular flexibility index (Phi) is 4.43. The molecule has 2 aromatic rings. The number of carbonyl (C=O) groups excluding carboxylic acids is 1. The van der Waals surface area contributed by atoms with E-state index in [4.69, 9.17) is 5.73 Å². The van der Waals surface area contributed by atoms with Crippen LogP contribution in [-0.2, 0) is 0 Å². The molecule has 0 radical (unpaired) electrons. The van der Waals surface area contributed by atoms with Gasteiger partial charge in [-0.25, -0.2) is 9.67 Å². The summed E-state index contributed by atoms with van der Waals surface area (Å²) in [6.45, 7) is 5.27. The molecule has 1 saturated heterocycles. The summed E-state index contributed by atoms with van der Waals surface area (Å²) in [6.07, 6.45) is 5.63. The van der Waals surface area contributed by atoms with Crippen LogP contribution < -0.4 is 5.73 Å². The third-order valence-electron chi connectivity index (χ3n) is 4.58. The Bertz CT molecular complexity index is 682. The molecule has 1 aliphatic heterocycles. The molecule has 23 heavy (non-hydrogen) atoms. The van der Waals surface area contributed by atoms with Crippen LogP contribution in [0, 0.1) is 12.8 Å². The SMILES string of the molecule is Cc1ccc(-n2cccn2)c(C(=O)N2CCC[C@@H](C)C2CN)n1. The van der Waals surface area contributed by atoms with E-state index in [1.165, 1.54) is 0 Å². The van der Waals surface area contributed by atoms with Crippen molar-refractivity contribution in [1.82, 2.24) is 19.7 Å². The predicted octanol–water partition coefficient (Wildman–Crippen LogP) is 1.78. The van der Waals surface area contributed by atoms with Crippen molar-refractivity contribution in [3.05, 3.63) is 42.0 Å². The molecular formula is C17H23N5O. The van der Waals surface area contributed by atoms with Gasteiger partial charge < -0.3 is 10.6 Å². The second-order valence-electron chi connectivity index (χ2n) is 6.19. The van der Waals surface area contributed by atoms with E-state index < -0.39 is 0 Å². The lowest BCUT2D eigenvalue weighted by Gasteiger charge is -2.39. The Hall–Kier alpha value is -2.21. The Morgan fingerprint density at radius 1 is 1.43 bits per heavy atom. The summed E-state index contributed by atoms with van der Waals surface area (Å²) in [7, 11) is 0. The number of aromatic nitrogens is 3. The van der Waals surface area contributed by atoms with Gasteiger partial charge in [0.1, 0.15) is 0 Å². The summed E-state index contributed by atoms with van der Waals surface area (Å²) in [6, 6.07) is 5.70. The summed E-state index contributed by atoms with van der Waals surface area (Å²) in [5.41, 5.74) is 7.90. The van der Waals surface area contributed by atoms with E-state index in [1.54, 1.807) is 10.9 Å². The van der Waals surface area contributed by atoms with Crippen molar-refractivity contribution in [1.29, 1.82) is 0 Å². The van der Waals surface area contributed by atoms with E-state index in [1.807, 2.05) is 36.2 Å². The summed E-state index contributed by atoms with van der Waals surface area (Å²) in [4.78, 5) is 19.5. The molecule has 0 bridgehead atoms. The maximum absolute atomic E-state index is 13.1. The molecule has 0 aliphatic carbocycles. The Morgan fingerprint density at radius 2 is 2.26 bits per heavy atom. The number of nitrogens with zero attached hydrogens (tertiary/aromatic N) is 4. The number of hydrogen-bond donors (Lipinski definition) is 1. The van der Waals surface area contributed by atoms with Gasteiger partial charge in [-0.1, -0.05) is 6.92 Å². The second-order valence-corrected chi connectivity index (χ2v) is 6.19. The van der Waals surface area contributed by atoms with Gasteiger partial charge in [-0.15, -0.1) is 0 Å². The van der Waals surface area contributed by atoms with Crippen LogP contribution in [0.5, 0.6) is 0 Å². The zero-order valence-electron chi connectivity index (χ0n) is 13.6. The van der Waals surface area contributed by atoms with Crippen LogP contribution in [0.1, 0.15) is 35.9 Å². The van der Waals surface area contributed by atoms with Crippen LogP contribution in [0.15, 0.2) is 30.6 Å². The van der Waals surface area contributed by atoms with Gasteiger partial charge in [-0.3, -0.25) is 4.79 Å². The van der Waals surface area contributed by atoms with E-state index in [0.717, 1.165) is 25.1 Å². The second kappa shape index (κ2) is 6.50. The van der Waals surface area contributed by atoms with Crippen LogP contribution in [0.25, 0.3) is 5.69 Å². The lowest BCUT2D eigenvalue weighted by atomic mass is 9.90. The number of likely N-dealkylation sites (tertiary alicyclic amines) is 1. The first kappa shape index (κ1) is 15.7. The molecule has 2 N–H and O–H groups in total. The average molecular weight is 313 g/mol. The molecule has 0 spiro atoms. The van der Waals surface area contributed by atoms with Crippen LogP contribution >= 0.6 is 0 Å². The number of rotatable bonds is 3. The van der Waals surface area contributed by atoms with Gasteiger partial charge in [0.15, 0.2) is 5.69 Å². The van der Waals surface area contributed by atoms with Crippen molar-refractivity contribution in [3.8, 4) is 5.69 Å². The van der Waals surface area contributed by atoms with Crippen molar-refractivity contribution < 1.29 is 4.79 Å². The van der Waals surface area contributed by atoms with Crippen molar-refractivity contribution >= 4 is 5.91 Å². The van der Waals surface area contributed by atoms with E-state index in [0.29, 0.717) is 23.8 Å². The van der Waals surface area contributed by atoms with Gasteiger partial charge in [-0.05, 0) is 43.9 Å². The van der Waals surface area contributed by atoms with E-state index in [-0.39, 0.29) is 11.9 Å². The van der Waals surface area contributed by atoms with Crippen molar-refractivity contribution in [2.24, 2.45) is 11.7 Å². The Morgan fingerprint density at radius 3 is 2.96 bits per heavy atom. The number of hydrogen-bond acceptors (Lipinski definition) is 4. The standard InChI is InChI=1S/C17H23N5O/c1-12-5-3-9-21(15(12)11-18)17(23)16-14(7-6-13(2)20-16)22-10-4-8-19-22/h4,6-8,10,12,15H,3,5,9,11,18H2,1-2H3/t12-,15?/m1/s1. The molecule has 1 aliphatic rings. The number of amides is 1. The number of aryl methyl sites for hydroxylation is 1. The number of nitrogens with two attached hydrogens (primary N) is 1. The fraction of sp³-hybridized carbons (Fsp3) is 0.471. The molecule has 1 fully saturated rings. The highest BCUT2D eigenvalue weighted by atomic mass is 16.2. The molecule has 0 saturated carbocycles. The van der Waals surface area contributed by atoms with Crippen LogP contribution in [-0.4, -0.2) is 44.7 Å². The van der Waals surface area contributed by atoms with Crippen LogP contribution in [0.4, 0.5) is 0 Å². The predicted molar refractivity (Wildman–Crippen MR) is 88.4 cm³/mol. The first-order valence-corrected chi connectivity index (χ1v) is 8.10. The highest BCUT2D eigenvalue weighted by Gasteiger charge is 2.33. The molecule has 1 amide bonds. The van der Waals surface area contributed by atoms with Crippen molar-refractivity contribution in [2.45, 2.75) is 32.7 Å². The summed E-state index contributed by atoms with van der Waals surface area (Å²) < 4.78 is 1.69. The van der Waals surface area contributed by atoms with Crippen LogP contribution in [0.3, 0.4) is 0 Å². The largest absolute Gasteiger partial charge is 0.333 e. The molecule has 2 aromatic heterocycles. The molecule has 1 unspecified atom stereocenters. The highest BCUT2D eigenvalue weighted by molar-refractivity contribution is 5.96. The summed E-state index contributed by atoms with van der Waals surface area (Å²) in [5.74, 6) is 0.358. The fourth-order valence-corrected chi connectivity index (χ4v) is 3.30. The van der Waals surface area contributed by atoms with E-state index >= 15 is 0 Å². The van der Waals surface area contributed by atoms with Crippen molar-refractivity contribution in [2.75, 3.05) is 13.1 Å². The molecule has 2 atom stereocenters. The minimum atomic E-state index is -0.0544. The monoisotopic (exact) mass is 313 g/mol. The first-order valence-electron chi connectivity index (χ1n) is 8.10. The summed E-state index contributed by atoms with van der Waals surface area (Å²) in [5, 5.41) is 4.24. The van der Waals surface area contributed by atoms with Crippen LogP contribution in [0.2, 0.25) is 0 Å². The van der Waals surface area contributed by atoms with Gasteiger partial charge in [0.05, 0.1) is 5.69 Å². The molecule has 0 aromatic carbocycles. The Labute approximate surface area is 136 Å². The van der Waals surface area contributed by atoms with Crippen molar-refractivity contribution in [3.63, 3.8) is 0 Å². The van der Waals surface area contributed by atoms with E-state index in [9.17, 15) is 4.79 Å². The van der Waals surface area contributed by atoms with Gasteiger partial charge in [0.25, 0.3) is 5.91 Å². The quantitative estimate of drug-likeness (QED) is 0.937.